The third kappa shape index (κ3) is 10.3. The molecule has 1 rings (SSSR count). The molecule has 0 amide bonds. The van der Waals surface area contributed by atoms with Crippen molar-refractivity contribution in [3.05, 3.63) is 0 Å². The van der Waals surface area contributed by atoms with Gasteiger partial charge in [-0.1, -0.05) is 45.4 Å². The van der Waals surface area contributed by atoms with Crippen LogP contribution in [0.15, 0.2) is 0 Å². The Hall–Kier alpha value is -0.520. The molecule has 1 heterocycles. The van der Waals surface area contributed by atoms with Crippen LogP contribution in [0.25, 0.3) is 0 Å². The van der Waals surface area contributed by atoms with Gasteiger partial charge in [-0.15, -0.1) is 11.8 Å². The maximum atomic E-state index is 5.42. The molecule has 20 heavy (non-hydrogen) atoms. The van der Waals surface area contributed by atoms with Gasteiger partial charge in [-0.3, -0.25) is 0 Å². The second-order valence-corrected chi connectivity index (χ2v) is 5.64. The zero-order chi connectivity index (χ0) is 14.3. The number of unbranched alkanes of at least 4 members (excludes halogenated alkanes) is 9. The zero-order valence-electron chi connectivity index (χ0n) is 13.3. The molecule has 0 atom stereocenters. The highest BCUT2D eigenvalue weighted by Gasteiger charge is 2.14. The van der Waals surface area contributed by atoms with Crippen molar-refractivity contribution in [3.8, 4) is 11.8 Å². The summed E-state index contributed by atoms with van der Waals surface area (Å²) in [6.07, 6.45) is 15.1. The van der Waals surface area contributed by atoms with E-state index in [1.54, 1.807) is 0 Å². The van der Waals surface area contributed by atoms with E-state index in [9.17, 15) is 0 Å². The third-order valence-electron chi connectivity index (χ3n) is 3.71. The molecule has 0 radical (unpaired) electrons. The van der Waals surface area contributed by atoms with E-state index < -0.39 is 0 Å². The highest BCUT2D eigenvalue weighted by molar-refractivity contribution is 4.98. The van der Waals surface area contributed by atoms with Gasteiger partial charge < -0.3 is 9.47 Å². The number of hydrogen-bond donors (Lipinski definition) is 0. The molecule has 0 N–H and O–H groups in total. The predicted molar refractivity (Wildman–Crippen MR) is 84.5 cm³/mol. The second kappa shape index (κ2) is 13.5. The van der Waals surface area contributed by atoms with Crippen LogP contribution in [0.3, 0.4) is 0 Å². The molecule has 0 aliphatic carbocycles. The highest BCUT2D eigenvalue weighted by Crippen LogP contribution is 2.14. The average molecular weight is 280 g/mol. The van der Waals surface area contributed by atoms with Crippen LogP contribution in [-0.2, 0) is 9.47 Å². The van der Waals surface area contributed by atoms with Crippen molar-refractivity contribution >= 4 is 0 Å². The van der Waals surface area contributed by atoms with E-state index in [-0.39, 0.29) is 6.29 Å². The molecule has 1 saturated heterocycles. The van der Waals surface area contributed by atoms with Crippen LogP contribution >= 0.6 is 0 Å². The molecular formula is C18H32O2. The van der Waals surface area contributed by atoms with E-state index >= 15 is 0 Å². The first-order chi connectivity index (χ1) is 9.93. The Labute approximate surface area is 125 Å². The van der Waals surface area contributed by atoms with Crippen LogP contribution in [-0.4, -0.2) is 19.5 Å². The topological polar surface area (TPSA) is 18.5 Å². The van der Waals surface area contributed by atoms with Crippen molar-refractivity contribution in [2.75, 3.05) is 13.2 Å². The van der Waals surface area contributed by atoms with E-state index in [0.717, 1.165) is 32.5 Å². The molecule has 1 aliphatic heterocycles. The summed E-state index contributed by atoms with van der Waals surface area (Å²) < 4.78 is 10.8. The summed E-state index contributed by atoms with van der Waals surface area (Å²) in [5.74, 6) is 6.61. The fraction of sp³-hybridized carbons (Fsp3) is 0.889. The van der Waals surface area contributed by atoms with Crippen molar-refractivity contribution < 1.29 is 9.47 Å². The lowest BCUT2D eigenvalue weighted by atomic mass is 10.1. The lowest BCUT2D eigenvalue weighted by molar-refractivity contribution is -0.0480. The van der Waals surface area contributed by atoms with E-state index in [4.69, 9.17) is 9.47 Å². The largest absolute Gasteiger partial charge is 0.350 e. The molecule has 116 valence electrons. The fourth-order valence-electron chi connectivity index (χ4n) is 2.45. The molecular weight excluding hydrogens is 248 g/mol. The summed E-state index contributed by atoms with van der Waals surface area (Å²) in [5, 5.41) is 0. The van der Waals surface area contributed by atoms with Gasteiger partial charge in [-0.05, 0) is 25.7 Å². The molecule has 0 aromatic rings. The van der Waals surface area contributed by atoms with Gasteiger partial charge in [0.05, 0.1) is 13.2 Å². The molecule has 0 saturated carbocycles. The van der Waals surface area contributed by atoms with Crippen molar-refractivity contribution in [1.29, 1.82) is 0 Å². The number of ether oxygens (including phenoxy) is 2. The van der Waals surface area contributed by atoms with E-state index in [1.807, 2.05) is 0 Å². The maximum absolute atomic E-state index is 5.42. The van der Waals surface area contributed by atoms with Gasteiger partial charge in [0.15, 0.2) is 6.29 Å². The molecule has 0 aromatic heterocycles. The monoisotopic (exact) mass is 280 g/mol. The molecule has 0 spiro atoms. The highest BCUT2D eigenvalue weighted by atomic mass is 16.7. The quantitative estimate of drug-likeness (QED) is 0.389. The van der Waals surface area contributed by atoms with Crippen LogP contribution in [0.2, 0.25) is 0 Å². The normalized spacial score (nSPS) is 15.2. The molecule has 0 bridgehead atoms. The Morgan fingerprint density at radius 2 is 1.30 bits per heavy atom. The molecule has 1 aliphatic rings. The van der Waals surface area contributed by atoms with Gasteiger partial charge in [0.2, 0.25) is 0 Å². The second-order valence-electron chi connectivity index (χ2n) is 5.64. The Balaban J connectivity index is 1.74. The van der Waals surface area contributed by atoms with Crippen LogP contribution in [0.4, 0.5) is 0 Å². The van der Waals surface area contributed by atoms with Crippen LogP contribution in [0.1, 0.15) is 84.0 Å². The number of rotatable bonds is 11. The van der Waals surface area contributed by atoms with Gasteiger partial charge >= 0.3 is 0 Å². The summed E-state index contributed by atoms with van der Waals surface area (Å²) in [7, 11) is 0. The van der Waals surface area contributed by atoms with Gasteiger partial charge in [-0.2, -0.15) is 0 Å². The predicted octanol–water partition coefficient (Wildman–Crippen LogP) is 5.06. The van der Waals surface area contributed by atoms with Crippen LogP contribution in [0, 0.1) is 11.8 Å². The van der Waals surface area contributed by atoms with Gasteiger partial charge in [0, 0.05) is 12.8 Å². The molecule has 2 heteroatoms. The van der Waals surface area contributed by atoms with Gasteiger partial charge in [0.25, 0.3) is 0 Å². The Morgan fingerprint density at radius 1 is 0.750 bits per heavy atom. The van der Waals surface area contributed by atoms with Gasteiger partial charge in [-0.25, -0.2) is 0 Å². The van der Waals surface area contributed by atoms with Crippen LogP contribution < -0.4 is 0 Å². The van der Waals surface area contributed by atoms with Crippen molar-refractivity contribution in [2.24, 2.45) is 0 Å². The summed E-state index contributed by atoms with van der Waals surface area (Å²) in [5.41, 5.74) is 0. The zero-order valence-corrected chi connectivity index (χ0v) is 13.3. The molecule has 0 unspecified atom stereocenters. The molecule has 2 nitrogen and oxygen atoms in total. The van der Waals surface area contributed by atoms with E-state index in [0.29, 0.717) is 0 Å². The average Bonchev–Trinajstić information content (AvgIpc) is 2.97. The Morgan fingerprint density at radius 3 is 1.95 bits per heavy atom. The standard InChI is InChI=1S/C18H32O2/c1-2-3-4-5-6-7-8-9-10-11-12-13-14-15-18-19-16-17-20-18/h18H,2-6,9-17H2,1H3. The Bertz CT molecular complexity index is 258. The van der Waals surface area contributed by atoms with Crippen molar-refractivity contribution in [1.82, 2.24) is 0 Å². The third-order valence-corrected chi connectivity index (χ3v) is 3.71. The first-order valence-corrected chi connectivity index (χ1v) is 8.62. The summed E-state index contributed by atoms with van der Waals surface area (Å²) >= 11 is 0. The Kier molecular flexibility index (Phi) is 11.8. The lowest BCUT2D eigenvalue weighted by Crippen LogP contribution is -2.06. The van der Waals surface area contributed by atoms with E-state index in [1.165, 1.54) is 57.8 Å². The van der Waals surface area contributed by atoms with E-state index in [2.05, 4.69) is 18.8 Å². The summed E-state index contributed by atoms with van der Waals surface area (Å²) in [6, 6.07) is 0. The van der Waals surface area contributed by atoms with Gasteiger partial charge in [0.1, 0.15) is 0 Å². The molecule has 1 fully saturated rings. The fourth-order valence-corrected chi connectivity index (χ4v) is 2.45. The number of hydrogen-bond acceptors (Lipinski definition) is 2. The first kappa shape index (κ1) is 17.5. The summed E-state index contributed by atoms with van der Waals surface area (Å²) in [4.78, 5) is 0. The first-order valence-electron chi connectivity index (χ1n) is 8.62. The minimum atomic E-state index is 0.0913. The summed E-state index contributed by atoms with van der Waals surface area (Å²) in [6.45, 7) is 3.81. The smallest absolute Gasteiger partial charge is 0.157 e. The molecule has 0 aromatic carbocycles. The van der Waals surface area contributed by atoms with Crippen LogP contribution in [0.5, 0.6) is 0 Å². The minimum absolute atomic E-state index is 0.0913. The minimum Gasteiger partial charge on any atom is -0.350 e. The SMILES string of the molecule is CCCCCCC#CCCCCCCCC1OCCO1. The van der Waals surface area contributed by atoms with Crippen molar-refractivity contribution in [3.63, 3.8) is 0 Å². The maximum Gasteiger partial charge on any atom is 0.157 e. The van der Waals surface area contributed by atoms with Crippen molar-refractivity contribution in [2.45, 2.75) is 90.3 Å². The lowest BCUT2D eigenvalue weighted by Gasteiger charge is -2.07.